The third-order valence-corrected chi connectivity index (χ3v) is 8.38. The molecule has 1 unspecified atom stereocenters. The van der Waals surface area contributed by atoms with Gasteiger partial charge < -0.3 is 4.90 Å². The molecule has 0 saturated carbocycles. The molecule has 4 aliphatic heterocycles. The van der Waals surface area contributed by atoms with Gasteiger partial charge in [-0.25, -0.2) is 4.98 Å². The van der Waals surface area contributed by atoms with Crippen molar-refractivity contribution >= 4 is 51.9 Å². The lowest BCUT2D eigenvalue weighted by atomic mass is 9.90. The van der Waals surface area contributed by atoms with E-state index in [1.807, 2.05) is 11.8 Å². The predicted molar refractivity (Wildman–Crippen MR) is 139 cm³/mol. The fraction of sp³-hybridized carbons (Fsp3) is 0.320. The summed E-state index contributed by atoms with van der Waals surface area (Å²) in [7, 11) is 0. The lowest BCUT2D eigenvalue weighted by Gasteiger charge is -2.35. The Morgan fingerprint density at radius 1 is 1.31 bits per heavy atom. The number of amides is 2. The standard InChI is InChI=1S/C25H24ClN7O2S/c1-14-11-29-25(36-14)31-24(35)15-3-6-18(19(26)10-15)23-30-22(20-12-28-8-9-33(20,23)27)16-2-4-17-5-7-21(34)32(17)13-16/h3,6,8-12,16-17H,2,4-5,7,13,27H2,1H3/p+1/t16-,17+,33?/m1/s1. The highest BCUT2D eigenvalue weighted by Gasteiger charge is 2.48. The van der Waals surface area contributed by atoms with E-state index in [0.29, 0.717) is 46.1 Å². The second-order valence-electron chi connectivity index (χ2n) is 9.50. The number of aromatic nitrogens is 1. The summed E-state index contributed by atoms with van der Waals surface area (Å²) in [4.78, 5) is 41.7. The maximum atomic E-state index is 12.7. The number of nitrogens with one attached hydrogen (secondary N) is 1. The molecule has 2 aromatic rings. The third-order valence-electron chi connectivity index (χ3n) is 7.24. The number of hydrogen-bond donors (Lipinski definition) is 2. The van der Waals surface area contributed by atoms with Crippen LogP contribution in [0.2, 0.25) is 5.02 Å². The molecule has 0 radical (unpaired) electrons. The lowest BCUT2D eigenvalue weighted by molar-refractivity contribution is -0.750. The van der Waals surface area contributed by atoms with Gasteiger partial charge in [0.2, 0.25) is 11.6 Å². The first-order valence-electron chi connectivity index (χ1n) is 11.9. The van der Waals surface area contributed by atoms with Crippen molar-refractivity contribution < 1.29 is 14.2 Å². The van der Waals surface area contributed by atoms with Crippen molar-refractivity contribution in [1.82, 2.24) is 9.88 Å². The molecule has 1 aromatic heterocycles. The summed E-state index contributed by atoms with van der Waals surface area (Å²) in [5, 5.41) is 3.71. The van der Waals surface area contributed by atoms with Crippen LogP contribution in [0.25, 0.3) is 0 Å². The van der Waals surface area contributed by atoms with E-state index in [2.05, 4.69) is 15.3 Å². The Bertz CT molecular complexity index is 1410. The first-order valence-corrected chi connectivity index (χ1v) is 13.1. The zero-order valence-corrected chi connectivity index (χ0v) is 21.2. The van der Waals surface area contributed by atoms with Crippen LogP contribution in [0.3, 0.4) is 0 Å². The number of carbonyl (C=O) groups is 2. The molecule has 36 heavy (non-hydrogen) atoms. The Balaban J connectivity index is 1.31. The van der Waals surface area contributed by atoms with Crippen molar-refractivity contribution in [2.24, 2.45) is 21.7 Å². The number of amidine groups is 1. The summed E-state index contributed by atoms with van der Waals surface area (Å²) in [6.07, 6.45) is 10.3. The Labute approximate surface area is 217 Å². The minimum Gasteiger partial charge on any atom is -0.339 e. The molecular weight excluding hydrogens is 498 g/mol. The van der Waals surface area contributed by atoms with Gasteiger partial charge in [0.05, 0.1) is 23.0 Å². The second kappa shape index (κ2) is 8.74. The fourth-order valence-corrected chi connectivity index (χ4v) is 6.32. The summed E-state index contributed by atoms with van der Waals surface area (Å²) in [6.45, 7) is 2.57. The predicted octanol–water partition coefficient (Wildman–Crippen LogP) is 3.98. The van der Waals surface area contributed by atoms with E-state index in [1.54, 1.807) is 43.0 Å². The van der Waals surface area contributed by atoms with Gasteiger partial charge in [0, 0.05) is 41.6 Å². The molecule has 184 valence electrons. The van der Waals surface area contributed by atoms with Crippen molar-refractivity contribution in [2.45, 2.75) is 38.6 Å². The van der Waals surface area contributed by atoms with Gasteiger partial charge in [-0.1, -0.05) is 11.6 Å². The highest BCUT2D eigenvalue weighted by atomic mass is 35.5. The molecular formula is C25H25ClN7O2S+. The Morgan fingerprint density at radius 3 is 2.94 bits per heavy atom. The molecule has 6 rings (SSSR count). The summed E-state index contributed by atoms with van der Waals surface area (Å²) in [6, 6.07) is 5.44. The maximum absolute atomic E-state index is 12.7. The minimum absolute atomic E-state index is 0.0698. The number of thiazole rings is 1. The molecule has 11 heteroatoms. The number of nitrogens with zero attached hydrogens (tertiary/aromatic N) is 5. The van der Waals surface area contributed by atoms with Crippen LogP contribution >= 0.6 is 22.9 Å². The number of quaternary nitrogens is 1. The monoisotopic (exact) mass is 522 g/mol. The largest absolute Gasteiger partial charge is 0.339 e. The number of piperidine rings is 1. The smallest absolute Gasteiger partial charge is 0.266 e. The Kier molecular flexibility index (Phi) is 5.64. The molecule has 4 aliphatic rings. The first-order chi connectivity index (χ1) is 17.3. The zero-order chi connectivity index (χ0) is 25.0. The van der Waals surface area contributed by atoms with E-state index in [4.69, 9.17) is 22.4 Å². The number of carbonyl (C=O) groups excluding carboxylic acids is 2. The molecule has 2 saturated heterocycles. The molecule has 0 aliphatic carbocycles. The van der Waals surface area contributed by atoms with Gasteiger partial charge in [-0.15, -0.1) is 15.9 Å². The number of nitrogens with two attached hydrogens (primary N) is 1. The summed E-state index contributed by atoms with van der Waals surface area (Å²) in [5.74, 6) is 7.44. The van der Waals surface area contributed by atoms with Gasteiger partial charge in [-0.05, 0) is 44.4 Å². The maximum Gasteiger partial charge on any atom is 0.266 e. The van der Waals surface area contributed by atoms with Crippen molar-refractivity contribution in [2.75, 3.05) is 11.9 Å². The number of anilines is 1. The number of allylic oxidation sites excluding steroid dienone is 1. The van der Waals surface area contributed by atoms with Crippen molar-refractivity contribution in [3.8, 4) is 0 Å². The van der Waals surface area contributed by atoms with E-state index in [-0.39, 0.29) is 22.3 Å². The molecule has 0 spiro atoms. The molecule has 2 fully saturated rings. The van der Waals surface area contributed by atoms with E-state index in [9.17, 15) is 9.59 Å². The van der Waals surface area contributed by atoms with Gasteiger partial charge in [-0.2, -0.15) is 10.8 Å². The molecule has 9 nitrogen and oxygen atoms in total. The molecule has 5 heterocycles. The van der Waals surface area contributed by atoms with Crippen LogP contribution in [0.5, 0.6) is 0 Å². The van der Waals surface area contributed by atoms with Crippen LogP contribution in [-0.2, 0) is 4.79 Å². The number of hydrogen-bond acceptors (Lipinski definition) is 7. The molecule has 3 atom stereocenters. The van der Waals surface area contributed by atoms with Gasteiger partial charge in [0.15, 0.2) is 5.13 Å². The van der Waals surface area contributed by atoms with Crippen LogP contribution in [0.15, 0.2) is 58.2 Å². The first kappa shape index (κ1) is 23.2. The van der Waals surface area contributed by atoms with E-state index >= 15 is 0 Å². The van der Waals surface area contributed by atoms with Crippen molar-refractivity contribution in [1.29, 1.82) is 0 Å². The third kappa shape index (κ3) is 3.81. The number of aliphatic imine (C=N–C) groups is 2. The normalized spacial score (nSPS) is 26.8. The van der Waals surface area contributed by atoms with Gasteiger partial charge >= 0.3 is 0 Å². The van der Waals surface area contributed by atoms with Gasteiger partial charge in [0.25, 0.3) is 11.7 Å². The molecule has 3 N–H and O–H groups in total. The summed E-state index contributed by atoms with van der Waals surface area (Å²) in [5.41, 5.74) is 2.67. The summed E-state index contributed by atoms with van der Waals surface area (Å²) < 4.78 is -0.156. The van der Waals surface area contributed by atoms with E-state index < -0.39 is 0 Å². The highest BCUT2D eigenvalue weighted by molar-refractivity contribution is 7.15. The average Bonchev–Trinajstić information content (AvgIpc) is 3.54. The Morgan fingerprint density at radius 2 is 2.17 bits per heavy atom. The van der Waals surface area contributed by atoms with E-state index in [1.165, 1.54) is 11.3 Å². The SMILES string of the molecule is Cc1cnc(NC(=O)c2ccc(C3=NC([C@@H]4CC[C@H]5CCC(=O)N5C4)=C4C=NC=C[N+]34N)c(Cl)c2)s1. The van der Waals surface area contributed by atoms with E-state index in [0.717, 1.165) is 35.5 Å². The summed E-state index contributed by atoms with van der Waals surface area (Å²) >= 11 is 8.12. The van der Waals surface area contributed by atoms with Crippen LogP contribution in [0.1, 0.15) is 46.5 Å². The zero-order valence-electron chi connectivity index (χ0n) is 19.6. The molecule has 2 amide bonds. The van der Waals surface area contributed by atoms with Crippen LogP contribution in [0.4, 0.5) is 5.13 Å². The van der Waals surface area contributed by atoms with Crippen LogP contribution in [0, 0.1) is 12.8 Å². The van der Waals surface area contributed by atoms with Crippen molar-refractivity contribution in [3.63, 3.8) is 0 Å². The fourth-order valence-electron chi connectivity index (χ4n) is 5.40. The quantitative estimate of drug-likeness (QED) is 0.467. The molecule has 0 bridgehead atoms. The number of aryl methyl sites for hydroxylation is 1. The average molecular weight is 523 g/mol. The number of fused-ring (bicyclic) bond motifs is 2. The number of benzene rings is 1. The lowest BCUT2D eigenvalue weighted by Crippen LogP contribution is -2.53. The van der Waals surface area contributed by atoms with Gasteiger partial charge in [0.1, 0.15) is 11.9 Å². The highest BCUT2D eigenvalue weighted by Crippen LogP contribution is 2.41. The second-order valence-corrected chi connectivity index (χ2v) is 11.1. The number of halogens is 1. The van der Waals surface area contributed by atoms with Crippen molar-refractivity contribution in [3.05, 3.63) is 69.2 Å². The minimum atomic E-state index is -0.292. The van der Waals surface area contributed by atoms with Crippen LogP contribution < -0.4 is 11.2 Å². The topological polar surface area (TPSA) is 113 Å². The van der Waals surface area contributed by atoms with Crippen LogP contribution in [-0.4, -0.2) is 50.9 Å². The van der Waals surface area contributed by atoms with Gasteiger partial charge in [-0.3, -0.25) is 19.9 Å². The Hall–Kier alpha value is -3.18. The number of rotatable bonds is 4. The molecule has 1 aromatic carbocycles.